The Morgan fingerprint density at radius 1 is 1.32 bits per heavy atom. The Bertz CT molecular complexity index is 392. The SMILES string of the molecule is COCCCOc1ncc(CNC(C)(C)C)cc1Cl. The molecule has 1 heterocycles. The Morgan fingerprint density at radius 2 is 2.05 bits per heavy atom. The predicted molar refractivity (Wildman–Crippen MR) is 77.8 cm³/mol. The fraction of sp³-hybridized carbons (Fsp3) is 0.643. The van der Waals surface area contributed by atoms with Gasteiger partial charge in [0.2, 0.25) is 5.88 Å². The Kier molecular flexibility index (Phi) is 6.55. The van der Waals surface area contributed by atoms with E-state index in [0.29, 0.717) is 24.1 Å². The topological polar surface area (TPSA) is 43.4 Å². The van der Waals surface area contributed by atoms with Crippen molar-refractivity contribution < 1.29 is 9.47 Å². The molecule has 0 atom stereocenters. The van der Waals surface area contributed by atoms with Gasteiger partial charge in [0.1, 0.15) is 5.02 Å². The molecule has 108 valence electrons. The van der Waals surface area contributed by atoms with Crippen molar-refractivity contribution in [3.63, 3.8) is 0 Å². The molecule has 0 aliphatic carbocycles. The summed E-state index contributed by atoms with van der Waals surface area (Å²) in [5.41, 5.74) is 1.12. The van der Waals surface area contributed by atoms with Crippen LogP contribution < -0.4 is 10.1 Å². The standard InChI is InChI=1S/C14H23ClN2O2/c1-14(2,3)17-10-11-8-12(15)13(16-9-11)19-7-5-6-18-4/h8-9,17H,5-7,10H2,1-4H3. The van der Waals surface area contributed by atoms with Crippen LogP contribution in [0.1, 0.15) is 32.8 Å². The van der Waals surface area contributed by atoms with E-state index in [2.05, 4.69) is 31.1 Å². The smallest absolute Gasteiger partial charge is 0.232 e. The van der Waals surface area contributed by atoms with Crippen LogP contribution in [0, 0.1) is 0 Å². The average Bonchev–Trinajstić information content (AvgIpc) is 2.33. The van der Waals surface area contributed by atoms with Gasteiger partial charge in [-0.3, -0.25) is 0 Å². The van der Waals surface area contributed by atoms with Gasteiger partial charge in [-0.1, -0.05) is 11.6 Å². The summed E-state index contributed by atoms with van der Waals surface area (Å²) in [4.78, 5) is 4.24. The van der Waals surface area contributed by atoms with E-state index in [1.807, 2.05) is 6.07 Å². The Morgan fingerprint density at radius 3 is 2.63 bits per heavy atom. The van der Waals surface area contributed by atoms with Crippen LogP contribution in [0.4, 0.5) is 0 Å². The van der Waals surface area contributed by atoms with Gasteiger partial charge in [0, 0.05) is 38.4 Å². The van der Waals surface area contributed by atoms with Gasteiger partial charge in [-0.25, -0.2) is 4.98 Å². The zero-order valence-corrected chi connectivity index (χ0v) is 12.9. The lowest BCUT2D eigenvalue weighted by Gasteiger charge is -2.20. The van der Waals surface area contributed by atoms with Crippen molar-refractivity contribution in [2.24, 2.45) is 0 Å². The minimum Gasteiger partial charge on any atom is -0.477 e. The lowest BCUT2D eigenvalue weighted by Crippen LogP contribution is -2.35. The number of hydrogen-bond donors (Lipinski definition) is 1. The van der Waals surface area contributed by atoms with E-state index >= 15 is 0 Å². The van der Waals surface area contributed by atoms with Crippen molar-refractivity contribution in [2.75, 3.05) is 20.3 Å². The van der Waals surface area contributed by atoms with E-state index in [1.54, 1.807) is 13.3 Å². The van der Waals surface area contributed by atoms with Crippen LogP contribution in [0.5, 0.6) is 5.88 Å². The third-order valence-corrected chi connectivity index (χ3v) is 2.69. The Balaban J connectivity index is 2.49. The summed E-state index contributed by atoms with van der Waals surface area (Å²) < 4.78 is 10.4. The first-order valence-electron chi connectivity index (χ1n) is 6.43. The molecule has 0 amide bonds. The number of pyridine rings is 1. The van der Waals surface area contributed by atoms with E-state index in [0.717, 1.165) is 18.5 Å². The van der Waals surface area contributed by atoms with Crippen LogP contribution >= 0.6 is 11.6 Å². The monoisotopic (exact) mass is 286 g/mol. The maximum Gasteiger partial charge on any atom is 0.232 e. The molecule has 0 radical (unpaired) electrons. The van der Waals surface area contributed by atoms with Crippen LogP contribution in [0.15, 0.2) is 12.3 Å². The first kappa shape index (κ1) is 16.2. The largest absolute Gasteiger partial charge is 0.477 e. The van der Waals surface area contributed by atoms with Crippen LogP contribution in [-0.2, 0) is 11.3 Å². The normalized spacial score (nSPS) is 11.6. The molecule has 1 aromatic rings. The summed E-state index contributed by atoms with van der Waals surface area (Å²) in [6, 6.07) is 1.89. The number of methoxy groups -OCH3 is 1. The summed E-state index contributed by atoms with van der Waals surface area (Å²) in [7, 11) is 1.67. The van der Waals surface area contributed by atoms with E-state index in [1.165, 1.54) is 0 Å². The quantitative estimate of drug-likeness (QED) is 0.783. The van der Waals surface area contributed by atoms with Gasteiger partial charge in [0.05, 0.1) is 6.61 Å². The molecule has 1 rings (SSSR count). The van der Waals surface area contributed by atoms with Gasteiger partial charge >= 0.3 is 0 Å². The highest BCUT2D eigenvalue weighted by atomic mass is 35.5. The molecule has 5 heteroatoms. The molecule has 0 aromatic carbocycles. The highest BCUT2D eigenvalue weighted by Gasteiger charge is 2.10. The molecule has 0 aliphatic heterocycles. The number of ether oxygens (including phenoxy) is 2. The van der Waals surface area contributed by atoms with Crippen LogP contribution in [0.3, 0.4) is 0 Å². The number of aromatic nitrogens is 1. The Hall–Kier alpha value is -0.840. The molecule has 19 heavy (non-hydrogen) atoms. The number of hydrogen-bond acceptors (Lipinski definition) is 4. The predicted octanol–water partition coefficient (Wildman–Crippen LogP) is 3.04. The van der Waals surface area contributed by atoms with E-state index < -0.39 is 0 Å². The summed E-state index contributed by atoms with van der Waals surface area (Å²) in [5.74, 6) is 0.484. The highest BCUT2D eigenvalue weighted by Crippen LogP contribution is 2.22. The minimum atomic E-state index is 0.0712. The molecule has 1 aromatic heterocycles. The number of nitrogens with one attached hydrogen (secondary N) is 1. The molecule has 0 spiro atoms. The van der Waals surface area contributed by atoms with Gasteiger partial charge in [-0.15, -0.1) is 0 Å². The van der Waals surface area contributed by atoms with Gasteiger partial charge in [0.15, 0.2) is 0 Å². The zero-order chi connectivity index (χ0) is 14.3. The van der Waals surface area contributed by atoms with Crippen molar-refractivity contribution in [2.45, 2.75) is 39.3 Å². The first-order chi connectivity index (χ1) is 8.92. The summed E-state index contributed by atoms with van der Waals surface area (Å²) in [5, 5.41) is 3.94. The maximum absolute atomic E-state index is 6.15. The van der Waals surface area contributed by atoms with Crippen LogP contribution in [0.25, 0.3) is 0 Å². The third kappa shape index (κ3) is 6.76. The molecule has 1 N–H and O–H groups in total. The second-order valence-corrected chi connectivity index (χ2v) is 5.84. The number of nitrogens with zero attached hydrogens (tertiary/aromatic N) is 1. The third-order valence-electron chi connectivity index (χ3n) is 2.42. The molecule has 0 saturated heterocycles. The lowest BCUT2D eigenvalue weighted by atomic mass is 10.1. The second kappa shape index (κ2) is 7.68. The summed E-state index contributed by atoms with van der Waals surface area (Å²) in [6.45, 7) is 8.32. The molecular formula is C14H23ClN2O2. The van der Waals surface area contributed by atoms with E-state index in [9.17, 15) is 0 Å². The molecule has 0 aliphatic rings. The van der Waals surface area contributed by atoms with Crippen molar-refractivity contribution >= 4 is 11.6 Å². The first-order valence-corrected chi connectivity index (χ1v) is 6.81. The van der Waals surface area contributed by atoms with Gasteiger partial charge in [0.25, 0.3) is 0 Å². The number of rotatable bonds is 7. The number of halogens is 1. The zero-order valence-electron chi connectivity index (χ0n) is 12.1. The molecule has 0 bridgehead atoms. The molecule has 0 unspecified atom stereocenters. The van der Waals surface area contributed by atoms with Crippen LogP contribution in [-0.4, -0.2) is 30.8 Å². The van der Waals surface area contributed by atoms with Crippen LogP contribution in [0.2, 0.25) is 5.02 Å². The molecular weight excluding hydrogens is 264 g/mol. The minimum absolute atomic E-state index is 0.0712. The van der Waals surface area contributed by atoms with E-state index in [4.69, 9.17) is 21.1 Å². The van der Waals surface area contributed by atoms with Crippen molar-refractivity contribution in [3.8, 4) is 5.88 Å². The van der Waals surface area contributed by atoms with Crippen molar-refractivity contribution in [3.05, 3.63) is 22.8 Å². The van der Waals surface area contributed by atoms with E-state index in [-0.39, 0.29) is 5.54 Å². The highest BCUT2D eigenvalue weighted by molar-refractivity contribution is 6.31. The fourth-order valence-corrected chi connectivity index (χ4v) is 1.65. The molecule has 0 fully saturated rings. The fourth-order valence-electron chi connectivity index (χ4n) is 1.41. The summed E-state index contributed by atoms with van der Waals surface area (Å²) >= 11 is 6.15. The van der Waals surface area contributed by atoms with Crippen molar-refractivity contribution in [1.82, 2.24) is 10.3 Å². The average molecular weight is 287 g/mol. The molecule has 4 nitrogen and oxygen atoms in total. The lowest BCUT2D eigenvalue weighted by molar-refractivity contribution is 0.170. The van der Waals surface area contributed by atoms with Gasteiger partial charge in [-0.05, 0) is 32.4 Å². The second-order valence-electron chi connectivity index (χ2n) is 5.43. The van der Waals surface area contributed by atoms with Crippen molar-refractivity contribution in [1.29, 1.82) is 0 Å². The maximum atomic E-state index is 6.15. The molecule has 0 saturated carbocycles. The van der Waals surface area contributed by atoms with Gasteiger partial charge < -0.3 is 14.8 Å². The van der Waals surface area contributed by atoms with Gasteiger partial charge in [-0.2, -0.15) is 0 Å². The Labute approximate surface area is 120 Å². The summed E-state index contributed by atoms with van der Waals surface area (Å²) in [6.07, 6.45) is 2.61.